The molecule has 0 unspecified atom stereocenters. The first-order valence-corrected chi connectivity index (χ1v) is 13.7. The molecule has 0 bridgehead atoms. The molecule has 4 rings (SSSR count). The lowest BCUT2D eigenvalue weighted by molar-refractivity contribution is 0.102. The summed E-state index contributed by atoms with van der Waals surface area (Å²) >= 11 is 3.88. The van der Waals surface area contributed by atoms with Crippen LogP contribution in [0.4, 0.5) is 19.0 Å². The van der Waals surface area contributed by atoms with Crippen LogP contribution in [0.25, 0.3) is 0 Å². The molecule has 0 aromatic carbocycles. The van der Waals surface area contributed by atoms with E-state index in [-0.39, 0.29) is 35.7 Å². The molecular formula is C24H34ClF3I2N4O2. The van der Waals surface area contributed by atoms with Gasteiger partial charge in [0.2, 0.25) is 17.8 Å². The lowest BCUT2D eigenvalue weighted by Crippen LogP contribution is -2.41. The molecule has 2 aliphatic carbocycles. The molecule has 0 atom stereocenters. The Morgan fingerprint density at radius 2 is 1.19 bits per heavy atom. The second-order valence-electron chi connectivity index (χ2n) is 9.73. The zero-order valence-electron chi connectivity index (χ0n) is 20.3. The van der Waals surface area contributed by atoms with E-state index in [1.807, 2.05) is 28.7 Å². The highest BCUT2D eigenvalue weighted by Gasteiger charge is 2.30. The maximum absolute atomic E-state index is 13.2. The number of nitrogens with one attached hydrogen (secondary N) is 1. The number of hydrogen-bond acceptors (Lipinski definition) is 6. The molecule has 5 N–H and O–H groups in total. The van der Waals surface area contributed by atoms with E-state index in [0.717, 1.165) is 67.1 Å². The quantitative estimate of drug-likeness (QED) is 0.223. The van der Waals surface area contributed by atoms with E-state index in [1.165, 1.54) is 6.07 Å². The van der Waals surface area contributed by atoms with Gasteiger partial charge in [-0.3, -0.25) is 0 Å². The van der Waals surface area contributed by atoms with Gasteiger partial charge in [0.1, 0.15) is 5.82 Å². The standard InChI is InChI=1S/C12H16FIN2O.C7H15NO.C5H2F2IN.ClH/c1-12(4-2-9(17)3-5-12)16-11-7-8(14)6-10(13)15-11;1-7(8)4-2-6(9)3-5-7;6-4-1-3(8)2-5(7)9-4;/h6-7,9,17H,2-5H2,1H3,(H,15,16);6,9H,2-5,8H2,1H3;1-2H;1H. The number of aliphatic hydroxyl groups excluding tert-OH is 2. The van der Waals surface area contributed by atoms with Gasteiger partial charge >= 0.3 is 0 Å². The Labute approximate surface area is 244 Å². The van der Waals surface area contributed by atoms with Gasteiger partial charge in [-0.15, -0.1) is 12.4 Å². The van der Waals surface area contributed by atoms with Crippen LogP contribution in [0.3, 0.4) is 0 Å². The first-order chi connectivity index (χ1) is 16.2. The maximum Gasteiger partial charge on any atom is 0.216 e. The number of aromatic nitrogens is 2. The van der Waals surface area contributed by atoms with E-state index in [0.29, 0.717) is 9.39 Å². The van der Waals surface area contributed by atoms with Gasteiger partial charge in [-0.2, -0.15) is 18.2 Å². The van der Waals surface area contributed by atoms with E-state index >= 15 is 0 Å². The monoisotopic (exact) mass is 756 g/mol. The van der Waals surface area contributed by atoms with Crippen LogP contribution in [0.15, 0.2) is 24.3 Å². The summed E-state index contributed by atoms with van der Waals surface area (Å²) in [5, 5.41) is 21.9. The van der Waals surface area contributed by atoms with Crippen molar-refractivity contribution in [1.29, 1.82) is 0 Å². The third-order valence-electron chi connectivity index (χ3n) is 6.07. The minimum Gasteiger partial charge on any atom is -0.393 e. The lowest BCUT2D eigenvalue weighted by Gasteiger charge is -2.37. The van der Waals surface area contributed by atoms with E-state index in [4.69, 9.17) is 10.8 Å². The predicted octanol–water partition coefficient (Wildman–Crippen LogP) is 5.96. The fourth-order valence-corrected chi connectivity index (χ4v) is 4.97. The summed E-state index contributed by atoms with van der Waals surface area (Å²) in [7, 11) is 0. The summed E-state index contributed by atoms with van der Waals surface area (Å²) in [4.78, 5) is 6.74. The van der Waals surface area contributed by atoms with Gasteiger partial charge in [0, 0.05) is 36.4 Å². The van der Waals surface area contributed by atoms with Crippen molar-refractivity contribution in [2.24, 2.45) is 5.73 Å². The van der Waals surface area contributed by atoms with Crippen molar-refractivity contribution >= 4 is 63.4 Å². The summed E-state index contributed by atoms with van der Waals surface area (Å²) in [5.41, 5.74) is 5.73. The van der Waals surface area contributed by atoms with Gasteiger partial charge in [0.25, 0.3) is 0 Å². The van der Waals surface area contributed by atoms with Gasteiger partial charge in [-0.25, -0.2) is 4.98 Å². The Balaban J connectivity index is 0.000000291. The molecule has 0 aliphatic heterocycles. The average Bonchev–Trinajstić information content (AvgIpc) is 2.72. The fourth-order valence-electron chi connectivity index (χ4n) is 3.90. The Morgan fingerprint density at radius 3 is 1.58 bits per heavy atom. The van der Waals surface area contributed by atoms with Crippen molar-refractivity contribution in [3.63, 3.8) is 0 Å². The van der Waals surface area contributed by atoms with Crippen LogP contribution in [0.2, 0.25) is 0 Å². The lowest BCUT2D eigenvalue weighted by atomic mass is 9.82. The summed E-state index contributed by atoms with van der Waals surface area (Å²) in [6, 6.07) is 5.55. The number of anilines is 1. The van der Waals surface area contributed by atoms with Crippen molar-refractivity contribution in [1.82, 2.24) is 9.97 Å². The normalized spacial score (nSPS) is 27.4. The second kappa shape index (κ2) is 15.2. The molecule has 0 radical (unpaired) electrons. The molecule has 12 heteroatoms. The van der Waals surface area contributed by atoms with Gasteiger partial charge in [0.05, 0.1) is 12.2 Å². The minimum atomic E-state index is -0.778. The van der Waals surface area contributed by atoms with Crippen molar-refractivity contribution in [2.45, 2.75) is 88.5 Å². The molecule has 2 heterocycles. The van der Waals surface area contributed by atoms with Crippen LogP contribution in [-0.4, -0.2) is 43.5 Å². The van der Waals surface area contributed by atoms with Crippen molar-refractivity contribution in [3.05, 3.63) is 49.2 Å². The Kier molecular flexibility index (Phi) is 14.2. The first kappa shape index (κ1) is 33.5. The minimum absolute atomic E-state index is 0. The SMILES string of the molecule is CC1(N)CCC(O)CC1.CC1(Nc2cc(I)cc(F)n2)CCC(O)CC1.Cl.Fc1cc(I)cc(F)n1. The molecule has 2 fully saturated rings. The highest BCUT2D eigenvalue weighted by molar-refractivity contribution is 14.1. The van der Waals surface area contributed by atoms with Crippen LogP contribution in [-0.2, 0) is 0 Å². The van der Waals surface area contributed by atoms with Crippen molar-refractivity contribution in [3.8, 4) is 0 Å². The molecule has 36 heavy (non-hydrogen) atoms. The summed E-state index contributed by atoms with van der Waals surface area (Å²) in [6.07, 6.45) is 6.76. The van der Waals surface area contributed by atoms with Crippen LogP contribution in [0, 0.1) is 25.0 Å². The zero-order chi connectivity index (χ0) is 26.2. The maximum atomic E-state index is 13.2. The van der Waals surface area contributed by atoms with Crippen LogP contribution in [0.5, 0.6) is 0 Å². The second-order valence-corrected chi connectivity index (χ2v) is 12.2. The summed E-state index contributed by atoms with van der Waals surface area (Å²) in [6.45, 7) is 4.15. The molecule has 0 saturated heterocycles. The van der Waals surface area contributed by atoms with Gasteiger partial charge in [0.15, 0.2) is 0 Å². The predicted molar refractivity (Wildman–Crippen MR) is 155 cm³/mol. The highest BCUT2D eigenvalue weighted by Crippen LogP contribution is 2.31. The Morgan fingerprint density at radius 1 is 0.806 bits per heavy atom. The van der Waals surface area contributed by atoms with Gasteiger partial charge < -0.3 is 21.3 Å². The molecule has 0 amide bonds. The molecule has 0 spiro atoms. The van der Waals surface area contributed by atoms with Crippen molar-refractivity contribution < 1.29 is 23.4 Å². The molecule has 2 saturated carbocycles. The average molecular weight is 757 g/mol. The first-order valence-electron chi connectivity index (χ1n) is 11.5. The third-order valence-corrected chi connectivity index (χ3v) is 7.32. The van der Waals surface area contributed by atoms with E-state index in [2.05, 4.69) is 51.7 Å². The van der Waals surface area contributed by atoms with Crippen LogP contribution >= 0.6 is 57.6 Å². The van der Waals surface area contributed by atoms with E-state index < -0.39 is 17.8 Å². The topological polar surface area (TPSA) is 104 Å². The Hall–Kier alpha value is -0.480. The van der Waals surface area contributed by atoms with Gasteiger partial charge in [-0.1, -0.05) is 0 Å². The molecule has 6 nitrogen and oxygen atoms in total. The van der Waals surface area contributed by atoms with Gasteiger partial charge in [-0.05, 0) is 116 Å². The van der Waals surface area contributed by atoms with Crippen LogP contribution in [0.1, 0.15) is 65.2 Å². The number of rotatable bonds is 2. The molecular weight excluding hydrogens is 723 g/mol. The number of nitrogens with two attached hydrogens (primary N) is 1. The molecule has 2 aromatic heterocycles. The third kappa shape index (κ3) is 12.9. The fraction of sp³-hybridized carbons (Fsp3) is 0.583. The van der Waals surface area contributed by atoms with Crippen molar-refractivity contribution in [2.75, 3.05) is 5.32 Å². The van der Waals surface area contributed by atoms with E-state index in [9.17, 15) is 18.3 Å². The molecule has 2 aliphatic rings. The number of hydrogen-bond donors (Lipinski definition) is 4. The molecule has 204 valence electrons. The highest BCUT2D eigenvalue weighted by atomic mass is 127. The zero-order valence-corrected chi connectivity index (χ0v) is 25.4. The van der Waals surface area contributed by atoms with E-state index in [1.54, 1.807) is 0 Å². The number of nitrogens with zero attached hydrogens (tertiary/aromatic N) is 2. The smallest absolute Gasteiger partial charge is 0.216 e. The van der Waals surface area contributed by atoms with Crippen LogP contribution < -0.4 is 11.1 Å². The molecule has 2 aromatic rings. The Bertz CT molecular complexity index is 886. The largest absolute Gasteiger partial charge is 0.393 e. The number of aliphatic hydroxyl groups is 2. The number of halogens is 6. The number of pyridine rings is 2. The summed E-state index contributed by atoms with van der Waals surface area (Å²) < 4.78 is 38.7. The summed E-state index contributed by atoms with van der Waals surface area (Å²) in [5.74, 6) is -1.44.